The second kappa shape index (κ2) is 8.50. The molecule has 0 radical (unpaired) electrons. The fourth-order valence-corrected chi connectivity index (χ4v) is 5.38. The fourth-order valence-electron chi connectivity index (χ4n) is 3.15. The van der Waals surface area contributed by atoms with Gasteiger partial charge in [0, 0.05) is 18.0 Å². The number of alkyl halides is 3. The molecular formula is C19H23ClF3NO6S. The first-order chi connectivity index (χ1) is 14.0. The predicted molar refractivity (Wildman–Crippen MR) is 106 cm³/mol. The van der Waals surface area contributed by atoms with Crippen LogP contribution in [0.1, 0.15) is 34.1 Å². The van der Waals surface area contributed by atoms with Crippen LogP contribution in [0, 0.1) is 5.41 Å². The molecule has 174 valence electrons. The van der Waals surface area contributed by atoms with Crippen LogP contribution in [0.2, 0.25) is 5.02 Å². The number of carboxylic acids is 1. The Bertz CT molecular complexity index is 974. The molecule has 0 aromatic heterocycles. The molecule has 1 amide bonds. The van der Waals surface area contributed by atoms with Crippen LogP contribution >= 0.6 is 11.6 Å². The van der Waals surface area contributed by atoms with Gasteiger partial charge in [0.15, 0.2) is 15.9 Å². The largest absolute Gasteiger partial charge is 0.481 e. The molecule has 1 heterocycles. The third-order valence-electron chi connectivity index (χ3n) is 4.87. The van der Waals surface area contributed by atoms with Crippen LogP contribution < -0.4 is 4.74 Å². The summed E-state index contributed by atoms with van der Waals surface area (Å²) in [5, 5.41) is 7.87. The molecule has 0 saturated carbocycles. The minimum absolute atomic E-state index is 0.270. The lowest BCUT2D eigenvalue weighted by Crippen LogP contribution is -2.46. The number of hydrogen-bond acceptors (Lipinski definition) is 5. The smallest absolute Gasteiger partial charge is 0.425 e. The first kappa shape index (κ1) is 25.3. The molecule has 1 aromatic rings. The molecule has 2 rings (SSSR count). The minimum atomic E-state index is -4.62. The lowest BCUT2D eigenvalue weighted by Gasteiger charge is -2.28. The van der Waals surface area contributed by atoms with Crippen LogP contribution in [-0.2, 0) is 19.4 Å². The molecule has 1 aliphatic heterocycles. The Hall–Kier alpha value is -2.01. The quantitative estimate of drug-likeness (QED) is 0.684. The minimum Gasteiger partial charge on any atom is -0.481 e. The molecule has 1 saturated heterocycles. The van der Waals surface area contributed by atoms with Crippen molar-refractivity contribution in [2.24, 2.45) is 5.41 Å². The Morgan fingerprint density at radius 1 is 1.26 bits per heavy atom. The Morgan fingerprint density at radius 2 is 1.84 bits per heavy atom. The molecule has 12 heteroatoms. The highest BCUT2D eigenvalue weighted by Crippen LogP contribution is 2.36. The Labute approximate surface area is 183 Å². The number of carbonyl (C=O) groups excluding carboxylic acids is 1. The number of sulfone groups is 1. The molecular weight excluding hydrogens is 463 g/mol. The Morgan fingerprint density at radius 3 is 2.29 bits per heavy atom. The number of ether oxygens (including phenoxy) is 1. The number of rotatable bonds is 5. The van der Waals surface area contributed by atoms with Gasteiger partial charge in [-0.3, -0.25) is 4.79 Å². The summed E-state index contributed by atoms with van der Waals surface area (Å²) < 4.78 is 68.9. The van der Waals surface area contributed by atoms with Gasteiger partial charge in [-0.05, 0) is 25.5 Å². The summed E-state index contributed by atoms with van der Waals surface area (Å²) in [6.45, 7) is 5.23. The number of aliphatic carboxylic acids is 1. The van der Waals surface area contributed by atoms with E-state index in [1.165, 1.54) is 0 Å². The van der Waals surface area contributed by atoms with E-state index in [4.69, 9.17) is 16.3 Å². The second-order valence-electron chi connectivity index (χ2n) is 8.36. The van der Waals surface area contributed by atoms with E-state index in [1.54, 1.807) is 20.8 Å². The number of benzene rings is 1. The average Bonchev–Trinajstić information content (AvgIpc) is 3.05. The first-order valence-corrected chi connectivity index (χ1v) is 11.2. The van der Waals surface area contributed by atoms with Crippen molar-refractivity contribution in [2.75, 3.05) is 6.54 Å². The maximum Gasteiger partial charge on any atom is 0.425 e. The van der Waals surface area contributed by atoms with E-state index in [9.17, 15) is 36.3 Å². The normalized spacial score (nSPS) is 21.1. The molecule has 1 fully saturated rings. The van der Waals surface area contributed by atoms with Crippen LogP contribution in [0.3, 0.4) is 0 Å². The Balaban J connectivity index is 2.33. The molecule has 7 nitrogen and oxygen atoms in total. The van der Waals surface area contributed by atoms with Gasteiger partial charge in [0.1, 0.15) is 11.8 Å². The molecule has 3 atom stereocenters. The number of carbonyl (C=O) groups is 2. The van der Waals surface area contributed by atoms with Crippen molar-refractivity contribution in [3.63, 3.8) is 0 Å². The van der Waals surface area contributed by atoms with Gasteiger partial charge in [0.2, 0.25) is 5.91 Å². The maximum atomic E-state index is 13.1. The van der Waals surface area contributed by atoms with E-state index in [0.717, 1.165) is 30.0 Å². The summed E-state index contributed by atoms with van der Waals surface area (Å²) in [6, 6.07) is 1.70. The molecule has 0 bridgehead atoms. The molecule has 0 aliphatic carbocycles. The van der Waals surface area contributed by atoms with Crippen LogP contribution in [0.5, 0.6) is 5.75 Å². The van der Waals surface area contributed by atoms with Gasteiger partial charge in [-0.25, -0.2) is 13.2 Å². The number of halogens is 4. The monoisotopic (exact) mass is 485 g/mol. The predicted octanol–water partition coefficient (Wildman–Crippen LogP) is 3.54. The molecule has 1 aliphatic rings. The fraction of sp³-hybridized carbons (Fsp3) is 0.579. The van der Waals surface area contributed by atoms with Crippen LogP contribution in [0.4, 0.5) is 13.2 Å². The van der Waals surface area contributed by atoms with Gasteiger partial charge in [0.25, 0.3) is 0 Å². The third kappa shape index (κ3) is 5.43. The highest BCUT2D eigenvalue weighted by Gasteiger charge is 2.48. The number of amides is 1. The molecule has 0 spiro atoms. The van der Waals surface area contributed by atoms with E-state index in [0.29, 0.717) is 0 Å². The van der Waals surface area contributed by atoms with Crippen molar-refractivity contribution in [3.8, 4) is 5.75 Å². The van der Waals surface area contributed by atoms with E-state index >= 15 is 0 Å². The van der Waals surface area contributed by atoms with Gasteiger partial charge in [-0.2, -0.15) is 13.2 Å². The van der Waals surface area contributed by atoms with E-state index in [-0.39, 0.29) is 28.6 Å². The molecule has 0 unspecified atom stereocenters. The zero-order chi connectivity index (χ0) is 23.9. The summed E-state index contributed by atoms with van der Waals surface area (Å²) in [5.74, 6) is -2.10. The zero-order valence-electron chi connectivity index (χ0n) is 17.2. The van der Waals surface area contributed by atoms with Crippen molar-refractivity contribution in [1.29, 1.82) is 0 Å². The van der Waals surface area contributed by atoms with E-state index < -0.39 is 50.7 Å². The van der Waals surface area contributed by atoms with Gasteiger partial charge in [-0.1, -0.05) is 32.4 Å². The average molecular weight is 486 g/mol. The summed E-state index contributed by atoms with van der Waals surface area (Å²) in [5.41, 5.74) is -0.918. The van der Waals surface area contributed by atoms with Gasteiger partial charge in [-0.15, -0.1) is 0 Å². The van der Waals surface area contributed by atoms with Crippen LogP contribution in [-0.4, -0.2) is 60.4 Å². The van der Waals surface area contributed by atoms with Crippen molar-refractivity contribution in [2.45, 2.75) is 62.6 Å². The lowest BCUT2D eigenvalue weighted by molar-refractivity contribution is -0.189. The van der Waals surface area contributed by atoms with E-state index in [1.807, 2.05) is 0 Å². The highest BCUT2D eigenvalue weighted by atomic mass is 35.5. The number of carboxylic acid groups (broad SMARTS) is 1. The van der Waals surface area contributed by atoms with Crippen LogP contribution in [0.15, 0.2) is 23.1 Å². The number of likely N-dealkylation sites (tertiary alicyclic amines) is 1. The first-order valence-electron chi connectivity index (χ1n) is 9.27. The van der Waals surface area contributed by atoms with Crippen LogP contribution in [0.25, 0.3) is 0 Å². The van der Waals surface area contributed by atoms with Gasteiger partial charge >= 0.3 is 12.1 Å². The highest BCUT2D eigenvalue weighted by molar-refractivity contribution is 7.92. The third-order valence-corrected chi connectivity index (χ3v) is 7.49. The summed E-state index contributed by atoms with van der Waals surface area (Å²) in [7, 11) is -4.19. The SMILES string of the molecule is C[C@H](Oc1ccc(S(=O)(=O)[C@@H]2C[C@H](C(=O)O)N(C(=O)C(C)(C)C)C2)c(Cl)c1)C(F)(F)F. The number of hydrogen-bond donors (Lipinski definition) is 1. The second-order valence-corrected chi connectivity index (χ2v) is 11.0. The topological polar surface area (TPSA) is 101 Å². The summed E-state index contributed by atoms with van der Waals surface area (Å²) >= 11 is 6.02. The summed E-state index contributed by atoms with van der Waals surface area (Å²) in [4.78, 5) is 24.9. The zero-order valence-corrected chi connectivity index (χ0v) is 18.8. The summed E-state index contributed by atoms with van der Waals surface area (Å²) in [6.07, 6.45) is -7.08. The number of nitrogens with zero attached hydrogens (tertiary/aromatic N) is 1. The van der Waals surface area contributed by atoms with E-state index in [2.05, 4.69) is 0 Å². The molecule has 1 aromatic carbocycles. The van der Waals surface area contributed by atoms with Crippen molar-refractivity contribution in [1.82, 2.24) is 4.90 Å². The van der Waals surface area contributed by atoms with Crippen molar-refractivity contribution < 1.29 is 41.0 Å². The molecule has 31 heavy (non-hydrogen) atoms. The maximum absolute atomic E-state index is 13.1. The molecule has 1 N–H and O–H groups in total. The van der Waals surface area contributed by atoms with Crippen molar-refractivity contribution >= 4 is 33.3 Å². The van der Waals surface area contributed by atoms with Crippen molar-refractivity contribution in [3.05, 3.63) is 23.2 Å². The van der Waals surface area contributed by atoms with Gasteiger partial charge < -0.3 is 14.7 Å². The lowest BCUT2D eigenvalue weighted by atomic mass is 9.94. The standard InChI is InChI=1S/C19H23ClF3NO6S/c1-10(19(21,22)23)30-11-5-6-15(13(20)7-11)31(28,29)12-8-14(16(25)26)24(9-12)17(27)18(2,3)4/h5-7,10,12,14H,8-9H2,1-4H3,(H,25,26)/t10-,12+,14+/m0/s1. The van der Waals surface area contributed by atoms with Gasteiger partial charge in [0.05, 0.1) is 15.2 Å². The Kier molecular flexibility index (Phi) is 6.92.